The summed E-state index contributed by atoms with van der Waals surface area (Å²) >= 11 is 0. The van der Waals surface area contributed by atoms with Crippen LogP contribution in [0.2, 0.25) is 0 Å². The number of hydrazone groups is 1. The molecule has 0 aliphatic rings. The van der Waals surface area contributed by atoms with Crippen LogP contribution in [0.15, 0.2) is 144 Å². The van der Waals surface area contributed by atoms with Crippen LogP contribution in [0.3, 0.4) is 0 Å². The Morgan fingerprint density at radius 1 is 0.577 bits per heavy atom. The summed E-state index contributed by atoms with van der Waals surface area (Å²) in [6.45, 7) is 4.60. The fourth-order valence-corrected chi connectivity index (χ4v) is 8.39. The van der Waals surface area contributed by atoms with Crippen molar-refractivity contribution >= 4 is 40.7 Å². The lowest BCUT2D eigenvalue weighted by Crippen LogP contribution is -2.25. The van der Waals surface area contributed by atoms with Crippen molar-refractivity contribution < 1.29 is 61.6 Å². The zero-order valence-electron chi connectivity index (χ0n) is 43.6. The lowest BCUT2D eigenvalue weighted by atomic mass is 10.0. The number of carbonyl (C=O) groups excluding carboxylic acids is 2. The van der Waals surface area contributed by atoms with Gasteiger partial charge in [0.05, 0.1) is 68.6 Å². The standard InChI is InChI=1S/C58H70N6O13S/c65-55(59-29-14-31-72-36-38-74-39-37-73-32-15-30-60-58(68)47-25-27-54(61-42-47)64-62-43-46-20-8-9-23-53(46)78(69,70)71)24-13-35-76-52-22-12-21-51(49(52)26-28-57(66)67)75-33-10-3-11-34-77-56-41-48(44-16-4-1-5-17-44)40-50(63-56)45-18-6-2-7-19-45/h1-2,4-9,12,16-23,25,27,40-43,69-71H,3,10-11,13-15,24,26,28-39H2,(H,59,65)(H,60,68)(H,61,64)(H,66,67)/b62-43+. The van der Waals surface area contributed by atoms with Gasteiger partial charge >= 0.3 is 5.97 Å². The van der Waals surface area contributed by atoms with E-state index in [-0.39, 0.29) is 42.6 Å². The minimum Gasteiger partial charge on any atom is -0.493 e. The highest BCUT2D eigenvalue weighted by Crippen LogP contribution is 2.44. The van der Waals surface area contributed by atoms with Gasteiger partial charge in [-0.2, -0.15) is 5.10 Å². The number of carbonyl (C=O) groups is 3. The van der Waals surface area contributed by atoms with Crippen molar-refractivity contribution in [2.75, 3.05) is 78.0 Å². The van der Waals surface area contributed by atoms with Gasteiger partial charge in [0, 0.05) is 68.1 Å². The Morgan fingerprint density at radius 2 is 1.19 bits per heavy atom. The molecule has 416 valence electrons. The molecule has 0 radical (unpaired) electrons. The van der Waals surface area contributed by atoms with Gasteiger partial charge in [0.25, 0.3) is 5.91 Å². The van der Waals surface area contributed by atoms with Gasteiger partial charge in [-0.25, -0.2) is 9.97 Å². The molecule has 0 aliphatic carbocycles. The van der Waals surface area contributed by atoms with Crippen LogP contribution in [0.5, 0.6) is 17.4 Å². The predicted octanol–water partition coefficient (Wildman–Crippen LogP) is 10.0. The Bertz CT molecular complexity index is 2710. The van der Waals surface area contributed by atoms with E-state index < -0.39 is 16.8 Å². The summed E-state index contributed by atoms with van der Waals surface area (Å²) in [6.07, 6.45) is 7.31. The molecule has 6 aromatic rings. The zero-order valence-corrected chi connectivity index (χ0v) is 44.5. The number of nitrogens with one attached hydrogen (secondary N) is 3. The predicted molar refractivity (Wildman–Crippen MR) is 300 cm³/mol. The summed E-state index contributed by atoms with van der Waals surface area (Å²) in [5, 5.41) is 19.2. The van der Waals surface area contributed by atoms with Gasteiger partial charge in [0.2, 0.25) is 11.8 Å². The molecule has 0 saturated carbocycles. The molecule has 78 heavy (non-hydrogen) atoms. The fourth-order valence-electron chi connectivity index (χ4n) is 7.69. The molecule has 0 bridgehead atoms. The van der Waals surface area contributed by atoms with E-state index in [2.05, 4.69) is 44.3 Å². The largest absolute Gasteiger partial charge is 0.493 e. The lowest BCUT2D eigenvalue weighted by molar-refractivity contribution is -0.137. The number of benzene rings is 4. The first kappa shape index (κ1) is 59.8. The molecule has 0 aliphatic heterocycles. The number of carboxylic acid groups (broad SMARTS) is 1. The molecular formula is C58H70N6O13S. The van der Waals surface area contributed by atoms with E-state index >= 15 is 0 Å². The number of anilines is 1. The van der Waals surface area contributed by atoms with Gasteiger partial charge in [-0.15, -0.1) is 0 Å². The van der Waals surface area contributed by atoms with Crippen LogP contribution in [0.4, 0.5) is 5.82 Å². The third-order valence-electron chi connectivity index (χ3n) is 11.7. The maximum atomic E-state index is 12.5. The van der Waals surface area contributed by atoms with Crippen molar-refractivity contribution in [3.05, 3.63) is 150 Å². The van der Waals surface area contributed by atoms with Crippen LogP contribution in [0, 0.1) is 0 Å². The molecule has 0 spiro atoms. The molecule has 4 aromatic carbocycles. The molecule has 6 rings (SSSR count). The van der Waals surface area contributed by atoms with Gasteiger partial charge in [0.1, 0.15) is 28.2 Å². The second-order valence-corrected chi connectivity index (χ2v) is 19.1. The number of aliphatic carboxylic acids is 1. The van der Waals surface area contributed by atoms with E-state index in [1.165, 1.54) is 18.5 Å². The average molecular weight is 1090 g/mol. The molecule has 2 heterocycles. The number of hydrogen-bond donors (Lipinski definition) is 7. The normalized spacial score (nSPS) is 11.5. The Balaban J connectivity index is 0.752. The van der Waals surface area contributed by atoms with Crippen LogP contribution < -0.4 is 30.3 Å². The second kappa shape index (κ2) is 33.7. The number of aromatic nitrogens is 2. The molecule has 0 atom stereocenters. The third-order valence-corrected chi connectivity index (χ3v) is 12.6. The number of pyridine rings is 2. The summed E-state index contributed by atoms with van der Waals surface area (Å²) < 4.78 is 63.9. The van der Waals surface area contributed by atoms with Crippen molar-refractivity contribution in [2.24, 2.45) is 5.10 Å². The quantitative estimate of drug-likeness (QED) is 0.0109. The van der Waals surface area contributed by atoms with Gasteiger partial charge in [-0.3, -0.25) is 19.8 Å². The minimum atomic E-state index is -3.91. The number of rotatable bonds is 37. The van der Waals surface area contributed by atoms with Crippen LogP contribution in [0.1, 0.15) is 72.9 Å². The smallest absolute Gasteiger partial charge is 0.303 e. The Morgan fingerprint density at radius 3 is 1.85 bits per heavy atom. The second-order valence-electron chi connectivity index (χ2n) is 17.7. The highest BCUT2D eigenvalue weighted by atomic mass is 32.3. The first-order valence-corrected chi connectivity index (χ1v) is 27.5. The first-order valence-electron chi connectivity index (χ1n) is 26.0. The van der Waals surface area contributed by atoms with E-state index in [9.17, 15) is 33.1 Å². The molecule has 2 aromatic heterocycles. The first-order chi connectivity index (χ1) is 38.0. The maximum Gasteiger partial charge on any atom is 0.303 e. The van der Waals surface area contributed by atoms with E-state index in [4.69, 9.17) is 33.4 Å². The summed E-state index contributed by atoms with van der Waals surface area (Å²) in [5.74, 6) is 0.761. The summed E-state index contributed by atoms with van der Waals surface area (Å²) in [7, 11) is -3.91. The molecule has 0 saturated heterocycles. The zero-order chi connectivity index (χ0) is 55.1. The number of hydrogen-bond acceptors (Lipinski definition) is 16. The third kappa shape index (κ3) is 21.9. The highest BCUT2D eigenvalue weighted by Gasteiger charge is 2.19. The van der Waals surface area contributed by atoms with E-state index in [1.807, 2.05) is 66.7 Å². The fraction of sp³-hybridized carbons (Fsp3) is 0.345. The molecular weight excluding hydrogens is 1020 g/mol. The van der Waals surface area contributed by atoms with Crippen molar-refractivity contribution in [1.82, 2.24) is 20.6 Å². The topological polar surface area (TPSA) is 262 Å². The van der Waals surface area contributed by atoms with E-state index in [0.717, 1.165) is 41.6 Å². The highest BCUT2D eigenvalue weighted by molar-refractivity contribution is 8.19. The molecule has 0 unspecified atom stereocenters. The summed E-state index contributed by atoms with van der Waals surface area (Å²) in [4.78, 5) is 45.4. The van der Waals surface area contributed by atoms with Gasteiger partial charge in [0.15, 0.2) is 0 Å². The molecule has 0 fully saturated rings. The number of carboxylic acids is 1. The van der Waals surface area contributed by atoms with Crippen LogP contribution in [0.25, 0.3) is 22.4 Å². The monoisotopic (exact) mass is 1090 g/mol. The summed E-state index contributed by atoms with van der Waals surface area (Å²) in [6, 6.07) is 39.1. The Labute approximate surface area is 456 Å². The number of nitrogens with zero attached hydrogens (tertiary/aromatic N) is 3. The summed E-state index contributed by atoms with van der Waals surface area (Å²) in [5.41, 5.74) is 8.05. The van der Waals surface area contributed by atoms with Crippen molar-refractivity contribution in [2.45, 2.75) is 62.7 Å². The van der Waals surface area contributed by atoms with Crippen molar-refractivity contribution in [1.29, 1.82) is 0 Å². The average Bonchev–Trinajstić information content (AvgIpc) is 3.45. The molecule has 20 heteroatoms. The van der Waals surface area contributed by atoms with Crippen LogP contribution in [-0.2, 0) is 30.2 Å². The van der Waals surface area contributed by atoms with E-state index in [1.54, 1.807) is 36.4 Å². The number of unbranched alkanes of at least 4 members (excludes halogenated alkanes) is 2. The van der Waals surface area contributed by atoms with Crippen molar-refractivity contribution in [3.8, 4) is 39.8 Å². The molecule has 2 amide bonds. The van der Waals surface area contributed by atoms with Gasteiger partial charge in [-0.1, -0.05) is 84.9 Å². The van der Waals surface area contributed by atoms with Crippen LogP contribution in [-0.4, -0.2) is 125 Å². The van der Waals surface area contributed by atoms with Gasteiger partial charge < -0.3 is 57.8 Å². The Hall–Kier alpha value is -7.43. The van der Waals surface area contributed by atoms with Crippen molar-refractivity contribution in [3.63, 3.8) is 0 Å². The van der Waals surface area contributed by atoms with Crippen LogP contribution >= 0.6 is 10.9 Å². The van der Waals surface area contributed by atoms with E-state index in [0.29, 0.717) is 125 Å². The number of ether oxygens (including phenoxy) is 6. The van der Waals surface area contributed by atoms with Gasteiger partial charge in [-0.05, 0) is 92.5 Å². The maximum absolute atomic E-state index is 12.5. The SMILES string of the molecule is O=C(O)CCc1c(OCCCCCOc2cc(-c3ccccc3)cc(-c3ccccc3)n2)cccc1OCCCC(=O)NCCCOCCOCCOCCCNC(=O)c1ccc(N/N=C/c2ccccc2S(O)(O)O)nc1. The lowest BCUT2D eigenvalue weighted by Gasteiger charge is -2.20. The molecule has 7 N–H and O–H groups in total. The molecule has 19 nitrogen and oxygen atoms in total. The number of amides is 2. The Kier molecular flexibility index (Phi) is 25.8. The minimum absolute atomic E-state index is 0.0525.